The summed E-state index contributed by atoms with van der Waals surface area (Å²) in [6.45, 7) is 0.0197. The molecule has 1 rings (SSSR count). The van der Waals surface area contributed by atoms with E-state index in [4.69, 9.17) is 16.2 Å². The largest absolute Gasteiger partial charge is 0.497 e. The first kappa shape index (κ1) is 12.1. The highest BCUT2D eigenvalue weighted by Crippen LogP contribution is 2.23. The predicted molar refractivity (Wildman–Crippen MR) is 61.1 cm³/mol. The Hall–Kier alpha value is -1.95. The Morgan fingerprint density at radius 3 is 2.81 bits per heavy atom. The van der Waals surface area contributed by atoms with Crippen molar-refractivity contribution in [3.8, 4) is 5.75 Å². The van der Waals surface area contributed by atoms with Crippen molar-refractivity contribution in [1.82, 2.24) is 0 Å². The molecule has 0 aliphatic heterocycles. The van der Waals surface area contributed by atoms with E-state index in [1.54, 1.807) is 25.3 Å². The van der Waals surface area contributed by atoms with E-state index in [2.05, 4.69) is 5.32 Å². The summed E-state index contributed by atoms with van der Waals surface area (Å²) < 4.78 is 4.98. The lowest BCUT2D eigenvalue weighted by Gasteiger charge is -2.12. The van der Waals surface area contributed by atoms with Crippen LogP contribution in [0.15, 0.2) is 18.2 Å². The first-order valence-electron chi connectivity index (χ1n) is 4.69. The molecule has 1 aromatic carbocycles. The molecule has 0 saturated heterocycles. The normalized spacial score (nSPS) is 11.9. The van der Waals surface area contributed by atoms with Gasteiger partial charge in [0.2, 0.25) is 5.91 Å². The number of hydrogen-bond donors (Lipinski definition) is 4. The van der Waals surface area contributed by atoms with E-state index in [1.165, 1.54) is 0 Å². The second-order valence-corrected chi connectivity index (χ2v) is 3.25. The molecule has 88 valence electrons. The molecule has 0 aromatic heterocycles. The fourth-order valence-electron chi connectivity index (χ4n) is 1.14. The zero-order valence-corrected chi connectivity index (χ0v) is 8.93. The summed E-state index contributed by atoms with van der Waals surface area (Å²) in [5.41, 5.74) is 11.7. The molecule has 6 nitrogen and oxygen atoms in total. The number of nitrogen functional groups attached to an aromatic ring is 1. The molecule has 0 aliphatic rings. The Balaban J connectivity index is 2.64. The Labute approximate surface area is 93.2 Å². The number of amides is 1. The monoisotopic (exact) mass is 225 g/mol. The molecule has 0 radical (unpaired) electrons. The van der Waals surface area contributed by atoms with Crippen LogP contribution < -0.4 is 21.5 Å². The summed E-state index contributed by atoms with van der Waals surface area (Å²) in [7, 11) is 1.54. The molecule has 1 aromatic rings. The SMILES string of the molecule is COc1ccc(NCC(O)C(N)=O)c(N)c1. The topological polar surface area (TPSA) is 111 Å². The smallest absolute Gasteiger partial charge is 0.248 e. The number of methoxy groups -OCH3 is 1. The second kappa shape index (κ2) is 5.22. The summed E-state index contributed by atoms with van der Waals surface area (Å²) in [6, 6.07) is 5.05. The minimum Gasteiger partial charge on any atom is -0.497 e. The molecule has 6 N–H and O–H groups in total. The van der Waals surface area contributed by atoms with Gasteiger partial charge in [0, 0.05) is 12.6 Å². The average Bonchev–Trinajstić information content (AvgIpc) is 2.26. The maximum absolute atomic E-state index is 10.6. The van der Waals surface area contributed by atoms with Gasteiger partial charge in [-0.05, 0) is 12.1 Å². The van der Waals surface area contributed by atoms with Crippen molar-refractivity contribution < 1.29 is 14.6 Å². The number of ether oxygens (including phenoxy) is 1. The third kappa shape index (κ3) is 3.03. The number of aliphatic hydroxyl groups excluding tert-OH is 1. The number of rotatable bonds is 5. The van der Waals surface area contributed by atoms with Gasteiger partial charge in [-0.3, -0.25) is 4.79 Å². The number of carbonyl (C=O) groups is 1. The first-order valence-corrected chi connectivity index (χ1v) is 4.69. The molecule has 1 amide bonds. The van der Waals surface area contributed by atoms with Crippen molar-refractivity contribution in [3.63, 3.8) is 0 Å². The first-order chi connectivity index (χ1) is 7.54. The van der Waals surface area contributed by atoms with Crippen LogP contribution in [0.3, 0.4) is 0 Å². The van der Waals surface area contributed by atoms with E-state index < -0.39 is 12.0 Å². The van der Waals surface area contributed by atoms with Gasteiger partial charge < -0.3 is 26.6 Å². The van der Waals surface area contributed by atoms with Gasteiger partial charge in [0.15, 0.2) is 0 Å². The fraction of sp³-hybridized carbons (Fsp3) is 0.300. The molecular formula is C10H15N3O3. The molecule has 0 spiro atoms. The molecule has 1 atom stereocenters. The third-order valence-electron chi connectivity index (χ3n) is 2.07. The summed E-state index contributed by atoms with van der Waals surface area (Å²) in [4.78, 5) is 10.6. The summed E-state index contributed by atoms with van der Waals surface area (Å²) in [5, 5.41) is 12.0. The van der Waals surface area contributed by atoms with Crippen molar-refractivity contribution >= 4 is 17.3 Å². The average molecular weight is 225 g/mol. The van der Waals surface area contributed by atoms with E-state index in [0.717, 1.165) is 0 Å². The highest BCUT2D eigenvalue weighted by Gasteiger charge is 2.10. The van der Waals surface area contributed by atoms with E-state index >= 15 is 0 Å². The molecule has 16 heavy (non-hydrogen) atoms. The summed E-state index contributed by atoms with van der Waals surface area (Å²) in [6.07, 6.45) is -1.23. The van der Waals surface area contributed by atoms with Crippen LogP contribution in [0.1, 0.15) is 0 Å². The van der Waals surface area contributed by atoms with Gasteiger partial charge in [-0.15, -0.1) is 0 Å². The number of carbonyl (C=O) groups excluding carboxylic acids is 1. The van der Waals surface area contributed by atoms with Gasteiger partial charge in [0.05, 0.1) is 18.5 Å². The van der Waals surface area contributed by atoms with E-state index in [0.29, 0.717) is 17.1 Å². The van der Waals surface area contributed by atoms with Gasteiger partial charge in [0.1, 0.15) is 11.9 Å². The zero-order valence-electron chi connectivity index (χ0n) is 8.93. The quantitative estimate of drug-likeness (QED) is 0.506. The molecule has 0 bridgehead atoms. The number of benzene rings is 1. The van der Waals surface area contributed by atoms with Crippen LogP contribution in [-0.4, -0.2) is 30.8 Å². The maximum atomic E-state index is 10.6. The number of hydrogen-bond acceptors (Lipinski definition) is 5. The van der Waals surface area contributed by atoms with E-state index in [9.17, 15) is 9.90 Å². The fourth-order valence-corrected chi connectivity index (χ4v) is 1.14. The van der Waals surface area contributed by atoms with Crippen LogP contribution in [0.25, 0.3) is 0 Å². The summed E-state index contributed by atoms with van der Waals surface area (Å²) >= 11 is 0. The van der Waals surface area contributed by atoms with Crippen molar-refractivity contribution in [3.05, 3.63) is 18.2 Å². The molecular weight excluding hydrogens is 210 g/mol. The highest BCUT2D eigenvalue weighted by atomic mass is 16.5. The van der Waals surface area contributed by atoms with Gasteiger partial charge in [0.25, 0.3) is 0 Å². The molecule has 0 fully saturated rings. The Bertz CT molecular complexity index is 382. The second-order valence-electron chi connectivity index (χ2n) is 3.25. The lowest BCUT2D eigenvalue weighted by atomic mass is 10.2. The minimum atomic E-state index is -1.23. The Morgan fingerprint density at radius 2 is 2.31 bits per heavy atom. The third-order valence-corrected chi connectivity index (χ3v) is 2.07. The molecule has 0 aliphatic carbocycles. The molecule has 0 saturated carbocycles. The number of nitrogens with one attached hydrogen (secondary N) is 1. The van der Waals surface area contributed by atoms with Gasteiger partial charge in [-0.25, -0.2) is 0 Å². The van der Waals surface area contributed by atoms with Crippen molar-refractivity contribution in [2.75, 3.05) is 24.7 Å². The molecule has 6 heteroatoms. The molecule has 1 unspecified atom stereocenters. The van der Waals surface area contributed by atoms with E-state index in [1.807, 2.05) is 0 Å². The van der Waals surface area contributed by atoms with Crippen LogP contribution in [-0.2, 0) is 4.79 Å². The van der Waals surface area contributed by atoms with Gasteiger partial charge in [-0.1, -0.05) is 0 Å². The van der Waals surface area contributed by atoms with Crippen LogP contribution in [0.5, 0.6) is 5.75 Å². The maximum Gasteiger partial charge on any atom is 0.248 e. The minimum absolute atomic E-state index is 0.0197. The van der Waals surface area contributed by atoms with Crippen molar-refractivity contribution in [2.45, 2.75) is 6.10 Å². The number of anilines is 2. The van der Waals surface area contributed by atoms with Crippen LogP contribution in [0.2, 0.25) is 0 Å². The van der Waals surface area contributed by atoms with E-state index in [-0.39, 0.29) is 6.54 Å². The number of nitrogens with two attached hydrogens (primary N) is 2. The lowest BCUT2D eigenvalue weighted by molar-refractivity contribution is -0.125. The zero-order chi connectivity index (χ0) is 12.1. The van der Waals surface area contributed by atoms with Crippen LogP contribution in [0, 0.1) is 0 Å². The van der Waals surface area contributed by atoms with Crippen LogP contribution in [0.4, 0.5) is 11.4 Å². The predicted octanol–water partition coefficient (Wildman–Crippen LogP) is -0.464. The van der Waals surface area contributed by atoms with Gasteiger partial charge >= 0.3 is 0 Å². The standard InChI is InChI=1S/C10H15N3O3/c1-16-6-2-3-8(7(11)4-6)13-5-9(14)10(12)15/h2-4,9,13-14H,5,11H2,1H3,(H2,12,15). The Kier molecular flexibility index (Phi) is 3.96. The summed E-state index contributed by atoms with van der Waals surface area (Å²) in [5.74, 6) is -0.141. The van der Waals surface area contributed by atoms with Gasteiger partial charge in [-0.2, -0.15) is 0 Å². The van der Waals surface area contributed by atoms with Crippen LogP contribution >= 0.6 is 0 Å². The number of aliphatic hydroxyl groups is 1. The van der Waals surface area contributed by atoms with Crippen molar-refractivity contribution in [2.24, 2.45) is 5.73 Å². The van der Waals surface area contributed by atoms with Crippen molar-refractivity contribution in [1.29, 1.82) is 0 Å². The lowest BCUT2D eigenvalue weighted by Crippen LogP contribution is -2.34. The highest BCUT2D eigenvalue weighted by molar-refractivity contribution is 5.79. The number of primary amides is 1. The Morgan fingerprint density at radius 1 is 1.62 bits per heavy atom. The molecule has 0 heterocycles.